The van der Waals surface area contributed by atoms with Crippen LogP contribution in [0, 0.1) is 18.3 Å². The molecule has 1 aliphatic rings. The van der Waals surface area contributed by atoms with Crippen molar-refractivity contribution in [3.8, 4) is 0 Å². The lowest BCUT2D eigenvalue weighted by atomic mass is 9.72. The van der Waals surface area contributed by atoms with E-state index in [1.807, 2.05) is 32.9 Å². The quantitative estimate of drug-likeness (QED) is 0.394. The molecule has 4 atom stereocenters. The van der Waals surface area contributed by atoms with Gasteiger partial charge in [0.2, 0.25) is 5.91 Å². The zero-order valence-corrected chi connectivity index (χ0v) is 22.2. The number of hydrogen-bond donors (Lipinski definition) is 2. The summed E-state index contributed by atoms with van der Waals surface area (Å²) in [5.74, 6) is -2.25. The number of anilines is 1. The van der Waals surface area contributed by atoms with Crippen molar-refractivity contribution in [3.63, 3.8) is 0 Å². The van der Waals surface area contributed by atoms with Crippen LogP contribution < -0.4 is 5.32 Å². The van der Waals surface area contributed by atoms with Gasteiger partial charge in [0.05, 0.1) is 24.1 Å². The van der Waals surface area contributed by atoms with E-state index in [1.165, 1.54) is 11.8 Å². The highest BCUT2D eigenvalue weighted by Gasteiger charge is 2.58. The largest absolute Gasteiger partial charge is 0.480 e. The van der Waals surface area contributed by atoms with Crippen molar-refractivity contribution in [3.05, 3.63) is 95.2 Å². The van der Waals surface area contributed by atoms with E-state index in [0.29, 0.717) is 5.56 Å². The van der Waals surface area contributed by atoms with Crippen molar-refractivity contribution >= 4 is 17.7 Å². The molecule has 0 spiro atoms. The van der Waals surface area contributed by atoms with Crippen LogP contribution in [0.1, 0.15) is 49.2 Å². The number of rotatable bonds is 6. The molecule has 1 saturated heterocycles. The first-order valence-corrected chi connectivity index (χ1v) is 12.7. The topological polar surface area (TPSA) is 82.5 Å². The Bertz CT molecular complexity index is 1320. The molecule has 2 heterocycles. The monoisotopic (exact) mass is 539 g/mol. The summed E-state index contributed by atoms with van der Waals surface area (Å²) in [6.45, 7) is 7.10. The van der Waals surface area contributed by atoms with Gasteiger partial charge in [-0.25, -0.2) is 9.78 Å². The number of aromatic nitrogens is 1. The number of carboxylic acid groups (broad SMARTS) is 1. The molecular formula is C30H32F3N3O3. The van der Waals surface area contributed by atoms with Crippen molar-refractivity contribution in [2.24, 2.45) is 11.3 Å². The molecular weight excluding hydrogens is 507 g/mol. The second kappa shape index (κ2) is 10.7. The number of pyridine rings is 1. The van der Waals surface area contributed by atoms with Gasteiger partial charge in [0.1, 0.15) is 11.9 Å². The fourth-order valence-corrected chi connectivity index (χ4v) is 5.63. The van der Waals surface area contributed by atoms with Gasteiger partial charge in [-0.15, -0.1) is 0 Å². The van der Waals surface area contributed by atoms with E-state index < -0.39 is 47.2 Å². The minimum atomic E-state index is -4.58. The normalized spacial score (nSPS) is 21.6. The number of amides is 1. The first-order chi connectivity index (χ1) is 18.3. The molecule has 4 rings (SSSR count). The molecule has 0 unspecified atom stereocenters. The molecule has 0 saturated carbocycles. The summed E-state index contributed by atoms with van der Waals surface area (Å²) >= 11 is 0. The summed E-state index contributed by atoms with van der Waals surface area (Å²) in [5, 5.41) is 13.7. The van der Waals surface area contributed by atoms with Crippen LogP contribution in [0.2, 0.25) is 0 Å². The third kappa shape index (κ3) is 6.08. The zero-order valence-electron chi connectivity index (χ0n) is 22.2. The van der Waals surface area contributed by atoms with Crippen LogP contribution in [-0.2, 0) is 22.2 Å². The average molecular weight is 540 g/mol. The predicted octanol–water partition coefficient (Wildman–Crippen LogP) is 6.13. The number of aryl methyl sites for hydroxylation is 1. The third-order valence-corrected chi connectivity index (χ3v) is 7.14. The molecule has 0 bridgehead atoms. The second-order valence-electron chi connectivity index (χ2n) is 11.0. The first-order valence-electron chi connectivity index (χ1n) is 12.7. The number of nitrogens with zero attached hydrogens (tertiary/aromatic N) is 2. The van der Waals surface area contributed by atoms with Gasteiger partial charge >= 0.3 is 12.1 Å². The molecule has 1 fully saturated rings. The Morgan fingerprint density at radius 3 is 2.10 bits per heavy atom. The van der Waals surface area contributed by atoms with Gasteiger partial charge < -0.3 is 15.3 Å². The Kier molecular flexibility index (Phi) is 7.73. The molecule has 0 aliphatic carbocycles. The number of nitrogens with one attached hydrogen (secondary N) is 1. The lowest BCUT2D eigenvalue weighted by molar-refractivity contribution is -0.152. The number of carbonyl (C=O) groups excluding carboxylic acids is 1. The van der Waals surface area contributed by atoms with Crippen molar-refractivity contribution in [1.29, 1.82) is 0 Å². The van der Waals surface area contributed by atoms with Crippen LogP contribution in [-0.4, -0.2) is 39.0 Å². The SMILES string of the molecule is Cc1cc(C(F)(F)F)cc(N[C@@H]2[C@@H](C(C)(C)C)[C@H](C(=O)O)N(C(=O)Cc3ccccc3)[C@@H]2c2ccccc2)n1. The maximum atomic E-state index is 13.9. The first kappa shape index (κ1) is 28.1. The van der Waals surface area contributed by atoms with Gasteiger partial charge in [-0.1, -0.05) is 81.4 Å². The zero-order chi connectivity index (χ0) is 28.5. The van der Waals surface area contributed by atoms with E-state index in [2.05, 4.69) is 10.3 Å². The number of benzene rings is 2. The summed E-state index contributed by atoms with van der Waals surface area (Å²) < 4.78 is 40.9. The highest BCUT2D eigenvalue weighted by Crippen LogP contribution is 2.49. The number of aliphatic carboxylic acids is 1. The molecule has 2 N–H and O–H groups in total. The van der Waals surface area contributed by atoms with E-state index in [0.717, 1.165) is 17.7 Å². The van der Waals surface area contributed by atoms with Crippen molar-refractivity contribution < 1.29 is 27.9 Å². The fraction of sp³-hybridized carbons (Fsp3) is 0.367. The summed E-state index contributed by atoms with van der Waals surface area (Å²) in [4.78, 5) is 32.5. The molecule has 2 aromatic carbocycles. The maximum absolute atomic E-state index is 13.9. The van der Waals surface area contributed by atoms with Gasteiger partial charge in [0.15, 0.2) is 0 Å². The van der Waals surface area contributed by atoms with Crippen molar-refractivity contribution in [2.45, 2.75) is 58.4 Å². The van der Waals surface area contributed by atoms with Gasteiger partial charge in [0.25, 0.3) is 0 Å². The summed E-state index contributed by atoms with van der Waals surface area (Å²) in [5.41, 5.74) is 0.0775. The molecule has 1 aromatic heterocycles. The molecule has 1 aliphatic heterocycles. The smallest absolute Gasteiger partial charge is 0.416 e. The lowest BCUT2D eigenvalue weighted by Gasteiger charge is -2.35. The molecule has 206 valence electrons. The van der Waals surface area contributed by atoms with Gasteiger partial charge in [-0.3, -0.25) is 4.79 Å². The molecule has 6 nitrogen and oxygen atoms in total. The van der Waals surface area contributed by atoms with Crippen LogP contribution in [0.15, 0.2) is 72.8 Å². The Morgan fingerprint density at radius 2 is 1.56 bits per heavy atom. The van der Waals surface area contributed by atoms with E-state index in [1.54, 1.807) is 48.5 Å². The maximum Gasteiger partial charge on any atom is 0.416 e. The Hall–Kier alpha value is -3.88. The molecule has 9 heteroatoms. The molecule has 3 aromatic rings. The predicted molar refractivity (Wildman–Crippen MR) is 142 cm³/mol. The molecule has 0 radical (unpaired) electrons. The minimum Gasteiger partial charge on any atom is -0.480 e. The van der Waals surface area contributed by atoms with Crippen LogP contribution in [0.25, 0.3) is 0 Å². The van der Waals surface area contributed by atoms with Crippen LogP contribution >= 0.6 is 0 Å². The number of alkyl halides is 3. The van der Waals surface area contributed by atoms with E-state index in [9.17, 15) is 27.9 Å². The fourth-order valence-electron chi connectivity index (χ4n) is 5.63. The highest BCUT2D eigenvalue weighted by molar-refractivity contribution is 5.87. The number of hydrogen-bond acceptors (Lipinski definition) is 4. The van der Waals surface area contributed by atoms with Crippen LogP contribution in [0.4, 0.5) is 19.0 Å². The van der Waals surface area contributed by atoms with Gasteiger partial charge in [0, 0.05) is 11.6 Å². The highest BCUT2D eigenvalue weighted by atomic mass is 19.4. The summed E-state index contributed by atoms with van der Waals surface area (Å²) in [6, 6.07) is 17.2. The Labute approximate surface area is 225 Å². The van der Waals surface area contributed by atoms with Crippen LogP contribution in [0.5, 0.6) is 0 Å². The van der Waals surface area contributed by atoms with E-state index in [4.69, 9.17) is 0 Å². The number of carbonyl (C=O) groups is 2. The lowest BCUT2D eigenvalue weighted by Crippen LogP contribution is -2.47. The Morgan fingerprint density at radius 1 is 0.974 bits per heavy atom. The summed E-state index contributed by atoms with van der Waals surface area (Å²) in [7, 11) is 0. The minimum absolute atomic E-state index is 0.0154. The average Bonchev–Trinajstić information content (AvgIpc) is 3.20. The molecule has 39 heavy (non-hydrogen) atoms. The third-order valence-electron chi connectivity index (χ3n) is 7.14. The Balaban J connectivity index is 1.88. The number of carboxylic acids is 1. The van der Waals surface area contributed by atoms with Gasteiger partial charge in [-0.05, 0) is 35.6 Å². The molecule has 1 amide bonds. The van der Waals surface area contributed by atoms with E-state index >= 15 is 0 Å². The standard InChI is InChI=1S/C30H32F3N3O3/c1-18-15-21(30(31,32)33)17-22(34-18)35-25-24(29(2,3)4)27(28(38)39)36(26(25)20-13-9-6-10-14-20)23(37)16-19-11-7-5-8-12-19/h5-15,17,24-27H,16H2,1-4H3,(H,34,35)(H,38,39)/t24-,25-,26-,27-/m1/s1. The van der Waals surface area contributed by atoms with E-state index in [-0.39, 0.29) is 23.8 Å². The van der Waals surface area contributed by atoms with Crippen molar-refractivity contribution in [2.75, 3.05) is 5.32 Å². The number of likely N-dealkylation sites (tertiary alicyclic amines) is 1. The number of halogens is 3. The van der Waals surface area contributed by atoms with Gasteiger partial charge in [-0.2, -0.15) is 13.2 Å². The van der Waals surface area contributed by atoms with Crippen molar-refractivity contribution in [1.82, 2.24) is 9.88 Å². The summed E-state index contributed by atoms with van der Waals surface area (Å²) in [6.07, 6.45) is -4.60. The second-order valence-corrected chi connectivity index (χ2v) is 11.0. The van der Waals surface area contributed by atoms with Crippen LogP contribution in [0.3, 0.4) is 0 Å².